The SMILES string of the molecule is NC(=S)C1CCCN1CC1CCC2(CCCCC2)O1. The van der Waals surface area contributed by atoms with Crippen LogP contribution in [-0.4, -0.2) is 40.7 Å². The molecule has 2 N–H and O–H groups in total. The lowest BCUT2D eigenvalue weighted by Gasteiger charge is -2.34. The highest BCUT2D eigenvalue weighted by Gasteiger charge is 2.42. The monoisotopic (exact) mass is 282 g/mol. The molecule has 0 radical (unpaired) electrons. The summed E-state index contributed by atoms with van der Waals surface area (Å²) in [6, 6.07) is 0.321. The van der Waals surface area contributed by atoms with Crippen LogP contribution < -0.4 is 5.73 Å². The average Bonchev–Trinajstić information content (AvgIpc) is 2.99. The van der Waals surface area contributed by atoms with E-state index in [1.165, 1.54) is 51.4 Å². The zero-order valence-electron chi connectivity index (χ0n) is 11.8. The van der Waals surface area contributed by atoms with Crippen LogP contribution in [0.1, 0.15) is 57.8 Å². The Morgan fingerprint density at radius 2 is 1.95 bits per heavy atom. The Labute approximate surface area is 121 Å². The fourth-order valence-corrected chi connectivity index (χ4v) is 4.48. The van der Waals surface area contributed by atoms with Crippen LogP contribution in [0.5, 0.6) is 0 Å². The third-order valence-corrected chi connectivity index (χ3v) is 5.51. The van der Waals surface area contributed by atoms with E-state index >= 15 is 0 Å². The fourth-order valence-electron chi connectivity index (χ4n) is 4.22. The Balaban J connectivity index is 1.55. The molecule has 3 rings (SSSR count). The van der Waals surface area contributed by atoms with Crippen molar-refractivity contribution in [1.82, 2.24) is 4.90 Å². The minimum Gasteiger partial charge on any atom is -0.392 e. The van der Waals surface area contributed by atoms with Crippen LogP contribution in [0.4, 0.5) is 0 Å². The van der Waals surface area contributed by atoms with E-state index in [9.17, 15) is 0 Å². The molecule has 0 aromatic heterocycles. The van der Waals surface area contributed by atoms with Gasteiger partial charge < -0.3 is 10.5 Å². The molecule has 4 heteroatoms. The summed E-state index contributed by atoms with van der Waals surface area (Å²) in [5.41, 5.74) is 6.09. The first-order valence-electron chi connectivity index (χ1n) is 7.90. The van der Waals surface area contributed by atoms with Crippen molar-refractivity contribution < 1.29 is 4.74 Å². The number of likely N-dealkylation sites (tertiary alicyclic amines) is 1. The maximum atomic E-state index is 6.45. The molecule has 19 heavy (non-hydrogen) atoms. The zero-order chi connectivity index (χ0) is 13.3. The molecule has 1 aliphatic carbocycles. The largest absolute Gasteiger partial charge is 0.392 e. The summed E-state index contributed by atoms with van der Waals surface area (Å²) in [6.07, 6.45) is 11.9. The van der Waals surface area contributed by atoms with Crippen LogP contribution in [0.15, 0.2) is 0 Å². The van der Waals surface area contributed by atoms with Crippen molar-refractivity contribution in [3.8, 4) is 0 Å². The van der Waals surface area contributed by atoms with Gasteiger partial charge >= 0.3 is 0 Å². The van der Waals surface area contributed by atoms with E-state index in [2.05, 4.69) is 4.90 Å². The first-order valence-corrected chi connectivity index (χ1v) is 8.31. The van der Waals surface area contributed by atoms with Gasteiger partial charge in [0.1, 0.15) is 0 Å². The Morgan fingerprint density at radius 3 is 2.68 bits per heavy atom. The smallest absolute Gasteiger partial charge is 0.0902 e. The zero-order valence-corrected chi connectivity index (χ0v) is 12.6. The molecule has 2 saturated heterocycles. The average molecular weight is 282 g/mol. The van der Waals surface area contributed by atoms with E-state index in [-0.39, 0.29) is 5.60 Å². The van der Waals surface area contributed by atoms with Crippen LogP contribution in [0, 0.1) is 0 Å². The lowest BCUT2D eigenvalue weighted by atomic mass is 9.83. The number of rotatable bonds is 3. The number of hydrogen-bond donors (Lipinski definition) is 1. The van der Waals surface area contributed by atoms with Crippen LogP contribution in [0.3, 0.4) is 0 Å². The van der Waals surface area contributed by atoms with Crippen LogP contribution >= 0.6 is 12.2 Å². The van der Waals surface area contributed by atoms with Gasteiger partial charge in [-0.3, -0.25) is 4.90 Å². The van der Waals surface area contributed by atoms with Crippen molar-refractivity contribution in [2.24, 2.45) is 5.73 Å². The summed E-state index contributed by atoms with van der Waals surface area (Å²) < 4.78 is 6.45. The third-order valence-electron chi connectivity index (χ3n) is 5.23. The lowest BCUT2D eigenvalue weighted by Crippen LogP contribution is -2.43. The van der Waals surface area contributed by atoms with Gasteiger partial charge in [0.25, 0.3) is 0 Å². The molecule has 0 aromatic carbocycles. The molecular weight excluding hydrogens is 256 g/mol. The van der Waals surface area contributed by atoms with Crippen molar-refractivity contribution in [3.63, 3.8) is 0 Å². The van der Waals surface area contributed by atoms with Crippen molar-refractivity contribution in [3.05, 3.63) is 0 Å². The van der Waals surface area contributed by atoms with Crippen LogP contribution in [0.2, 0.25) is 0 Å². The highest BCUT2D eigenvalue weighted by molar-refractivity contribution is 7.80. The number of ether oxygens (including phenoxy) is 1. The minimum atomic E-state index is 0.237. The molecule has 2 atom stereocenters. The second-order valence-corrected chi connectivity index (χ2v) is 7.05. The molecular formula is C15H26N2OS. The molecule has 2 heterocycles. The Morgan fingerprint density at radius 1 is 1.16 bits per heavy atom. The van der Waals surface area contributed by atoms with Gasteiger partial charge in [-0.2, -0.15) is 0 Å². The Kier molecular flexibility index (Phi) is 4.11. The first-order chi connectivity index (χ1) is 9.19. The minimum absolute atomic E-state index is 0.237. The molecule has 1 saturated carbocycles. The summed E-state index contributed by atoms with van der Waals surface area (Å²) in [4.78, 5) is 3.12. The van der Waals surface area contributed by atoms with E-state index < -0.39 is 0 Å². The molecule has 0 aromatic rings. The number of thiocarbonyl (C=S) groups is 1. The second kappa shape index (κ2) is 5.66. The molecule has 0 bridgehead atoms. The maximum Gasteiger partial charge on any atom is 0.0902 e. The summed E-state index contributed by atoms with van der Waals surface area (Å²) in [5.74, 6) is 0. The molecule has 108 valence electrons. The van der Waals surface area contributed by atoms with Gasteiger partial charge in [-0.15, -0.1) is 0 Å². The topological polar surface area (TPSA) is 38.5 Å². The Bertz CT molecular complexity index is 341. The van der Waals surface area contributed by atoms with Crippen molar-refractivity contribution in [2.75, 3.05) is 13.1 Å². The normalized spacial score (nSPS) is 34.9. The van der Waals surface area contributed by atoms with Gasteiger partial charge in [0.2, 0.25) is 0 Å². The molecule has 0 amide bonds. The van der Waals surface area contributed by atoms with E-state index in [0.717, 1.165) is 19.5 Å². The predicted octanol–water partition coefficient (Wildman–Crippen LogP) is 2.62. The van der Waals surface area contributed by atoms with Gasteiger partial charge in [-0.25, -0.2) is 0 Å². The lowest BCUT2D eigenvalue weighted by molar-refractivity contribution is -0.0713. The molecule has 3 fully saturated rings. The highest BCUT2D eigenvalue weighted by atomic mass is 32.1. The first kappa shape index (κ1) is 13.8. The second-order valence-electron chi connectivity index (χ2n) is 6.58. The quantitative estimate of drug-likeness (QED) is 0.808. The van der Waals surface area contributed by atoms with Gasteiger partial charge in [0, 0.05) is 6.54 Å². The highest BCUT2D eigenvalue weighted by Crippen LogP contribution is 2.42. The summed E-state index contributed by atoms with van der Waals surface area (Å²) in [5, 5.41) is 0. The summed E-state index contributed by atoms with van der Waals surface area (Å²) in [7, 11) is 0. The van der Waals surface area contributed by atoms with Crippen molar-refractivity contribution >= 4 is 17.2 Å². The van der Waals surface area contributed by atoms with E-state index in [0.29, 0.717) is 17.1 Å². The van der Waals surface area contributed by atoms with Gasteiger partial charge in [-0.1, -0.05) is 31.5 Å². The van der Waals surface area contributed by atoms with Gasteiger partial charge in [-0.05, 0) is 45.1 Å². The van der Waals surface area contributed by atoms with Gasteiger partial charge in [0.15, 0.2) is 0 Å². The molecule has 3 nitrogen and oxygen atoms in total. The van der Waals surface area contributed by atoms with E-state index in [4.69, 9.17) is 22.7 Å². The Hall–Kier alpha value is -0.190. The summed E-state index contributed by atoms with van der Waals surface area (Å²) >= 11 is 5.19. The fraction of sp³-hybridized carbons (Fsp3) is 0.933. The van der Waals surface area contributed by atoms with Crippen molar-refractivity contribution in [2.45, 2.75) is 75.5 Å². The number of nitrogens with two attached hydrogens (primary N) is 1. The molecule has 1 spiro atoms. The molecule has 2 unspecified atom stereocenters. The van der Waals surface area contributed by atoms with Crippen LogP contribution in [-0.2, 0) is 4.74 Å². The molecule has 2 aliphatic heterocycles. The van der Waals surface area contributed by atoms with Gasteiger partial charge in [0.05, 0.1) is 22.7 Å². The van der Waals surface area contributed by atoms with Crippen molar-refractivity contribution in [1.29, 1.82) is 0 Å². The van der Waals surface area contributed by atoms with Crippen LogP contribution in [0.25, 0.3) is 0 Å². The maximum absolute atomic E-state index is 6.45. The predicted molar refractivity (Wildman–Crippen MR) is 81.3 cm³/mol. The standard InChI is InChI=1S/C15H26N2OS/c16-14(19)13-5-4-10-17(13)11-12-6-9-15(18-12)7-2-1-3-8-15/h12-13H,1-11H2,(H2,16,19). The number of nitrogens with zero attached hydrogens (tertiary/aromatic N) is 1. The third kappa shape index (κ3) is 2.96. The molecule has 3 aliphatic rings. The summed E-state index contributed by atoms with van der Waals surface area (Å²) in [6.45, 7) is 2.17. The van der Waals surface area contributed by atoms with E-state index in [1.807, 2.05) is 0 Å². The number of hydrogen-bond acceptors (Lipinski definition) is 3. The van der Waals surface area contributed by atoms with E-state index in [1.54, 1.807) is 0 Å².